The molecule has 0 unspecified atom stereocenters. The fraction of sp³-hybridized carbons (Fsp3) is 0.647. The second-order valence-electron chi connectivity index (χ2n) is 5.28. The first kappa shape index (κ1) is 14.2. The number of ether oxygens (including phenoxy) is 2. The first-order valence-corrected chi connectivity index (χ1v) is 7.77. The summed E-state index contributed by atoms with van der Waals surface area (Å²) in [7, 11) is 0. The van der Waals surface area contributed by atoms with Crippen LogP contribution in [-0.2, 0) is 0 Å². The molecule has 1 saturated carbocycles. The number of fused-ring (bicyclic) bond motifs is 1. The first-order valence-electron chi connectivity index (χ1n) is 7.77. The highest BCUT2D eigenvalue weighted by Crippen LogP contribution is 2.46. The van der Waals surface area contributed by atoms with E-state index >= 15 is 0 Å². The van der Waals surface area contributed by atoms with Crippen LogP contribution < -0.4 is 9.47 Å². The molecule has 0 N–H and O–H groups in total. The predicted octanol–water partition coefficient (Wildman–Crippen LogP) is 5.23. The number of rotatable bonds is 0. The van der Waals surface area contributed by atoms with Crippen molar-refractivity contribution >= 4 is 0 Å². The highest BCUT2D eigenvalue weighted by atomic mass is 16.7. The molecule has 0 radical (unpaired) electrons. The zero-order valence-corrected chi connectivity index (χ0v) is 12.5. The molecular formula is C17H26O2. The van der Waals surface area contributed by atoms with Gasteiger partial charge in [-0.25, -0.2) is 0 Å². The van der Waals surface area contributed by atoms with Gasteiger partial charge in [-0.3, -0.25) is 0 Å². The van der Waals surface area contributed by atoms with E-state index in [1.54, 1.807) is 0 Å². The number of aryl methyl sites for hydroxylation is 1. The van der Waals surface area contributed by atoms with Crippen molar-refractivity contribution in [2.24, 2.45) is 0 Å². The molecule has 1 spiro atoms. The van der Waals surface area contributed by atoms with E-state index in [-0.39, 0.29) is 5.79 Å². The molecular weight excluding hydrogens is 236 g/mol. The Morgan fingerprint density at radius 2 is 1.53 bits per heavy atom. The number of para-hydroxylation sites is 1. The lowest BCUT2D eigenvalue weighted by molar-refractivity contribution is -0.0973. The Balaban J connectivity index is 0.000000637. The first-order chi connectivity index (χ1) is 9.29. The zero-order valence-electron chi connectivity index (χ0n) is 12.5. The molecule has 0 saturated heterocycles. The minimum atomic E-state index is -0.352. The fourth-order valence-corrected chi connectivity index (χ4v) is 2.89. The molecule has 2 aliphatic rings. The normalized spacial score (nSPS) is 20.2. The van der Waals surface area contributed by atoms with E-state index in [2.05, 4.69) is 13.0 Å². The van der Waals surface area contributed by atoms with Crippen molar-refractivity contribution in [3.05, 3.63) is 23.8 Å². The Bertz CT molecular complexity index is 404. The van der Waals surface area contributed by atoms with Crippen molar-refractivity contribution in [3.8, 4) is 11.5 Å². The molecule has 0 bridgehead atoms. The molecule has 1 aromatic carbocycles. The molecule has 1 aromatic rings. The van der Waals surface area contributed by atoms with Crippen LogP contribution in [0.2, 0.25) is 0 Å². The summed E-state index contributed by atoms with van der Waals surface area (Å²) in [5.41, 5.74) is 1.18. The number of hydrogen-bond acceptors (Lipinski definition) is 2. The maximum atomic E-state index is 6.18. The summed E-state index contributed by atoms with van der Waals surface area (Å²) in [6.07, 6.45) is 8.47. The quantitative estimate of drug-likeness (QED) is 0.637. The summed E-state index contributed by atoms with van der Waals surface area (Å²) in [6, 6.07) is 6.15. The Labute approximate surface area is 117 Å². The minimum Gasteiger partial charge on any atom is -0.448 e. The van der Waals surface area contributed by atoms with Gasteiger partial charge >= 0.3 is 0 Å². The lowest BCUT2D eigenvalue weighted by Crippen LogP contribution is -2.39. The topological polar surface area (TPSA) is 18.5 Å². The van der Waals surface area contributed by atoms with Gasteiger partial charge in [0, 0.05) is 12.8 Å². The van der Waals surface area contributed by atoms with Crippen molar-refractivity contribution in [2.45, 2.75) is 71.5 Å². The van der Waals surface area contributed by atoms with E-state index in [0.29, 0.717) is 0 Å². The van der Waals surface area contributed by atoms with Gasteiger partial charge in [0.25, 0.3) is 5.79 Å². The molecule has 1 fully saturated rings. The highest BCUT2D eigenvalue weighted by Gasteiger charge is 2.41. The van der Waals surface area contributed by atoms with Crippen LogP contribution in [0.1, 0.15) is 64.4 Å². The standard InChI is InChI=1S/C15H20O2.C2H6/c1-12-8-7-9-13-14(12)17-15(16-13)10-5-3-2-4-6-11-15;1-2/h7-9H,2-6,10-11H2,1H3;1-2H3. The van der Waals surface area contributed by atoms with Gasteiger partial charge in [0.05, 0.1) is 0 Å². The summed E-state index contributed by atoms with van der Waals surface area (Å²) in [5.74, 6) is 1.55. The summed E-state index contributed by atoms with van der Waals surface area (Å²) in [5, 5.41) is 0. The van der Waals surface area contributed by atoms with Crippen LogP contribution in [0.5, 0.6) is 11.5 Å². The van der Waals surface area contributed by atoms with Crippen LogP contribution in [0.15, 0.2) is 18.2 Å². The van der Waals surface area contributed by atoms with E-state index in [0.717, 1.165) is 24.3 Å². The van der Waals surface area contributed by atoms with Crippen LogP contribution in [0, 0.1) is 6.92 Å². The summed E-state index contributed by atoms with van der Waals surface area (Å²) < 4.78 is 12.3. The molecule has 19 heavy (non-hydrogen) atoms. The van der Waals surface area contributed by atoms with Gasteiger partial charge in [0.15, 0.2) is 11.5 Å². The van der Waals surface area contributed by atoms with Crippen molar-refractivity contribution in [1.29, 1.82) is 0 Å². The van der Waals surface area contributed by atoms with Gasteiger partial charge in [-0.2, -0.15) is 0 Å². The van der Waals surface area contributed by atoms with Crippen LogP contribution in [-0.4, -0.2) is 5.79 Å². The van der Waals surface area contributed by atoms with Crippen LogP contribution in [0.4, 0.5) is 0 Å². The summed E-state index contributed by atoms with van der Waals surface area (Å²) >= 11 is 0. The second-order valence-corrected chi connectivity index (χ2v) is 5.28. The Kier molecular flexibility index (Phi) is 4.73. The van der Waals surface area contributed by atoms with Crippen LogP contribution in [0.3, 0.4) is 0 Å². The van der Waals surface area contributed by atoms with Gasteiger partial charge in [-0.1, -0.05) is 45.2 Å². The van der Waals surface area contributed by atoms with Gasteiger partial charge in [0.1, 0.15) is 0 Å². The predicted molar refractivity (Wildman–Crippen MR) is 78.8 cm³/mol. The molecule has 0 atom stereocenters. The summed E-state index contributed by atoms with van der Waals surface area (Å²) in [6.45, 7) is 6.09. The van der Waals surface area contributed by atoms with E-state index in [9.17, 15) is 0 Å². The molecule has 3 rings (SSSR count). The van der Waals surface area contributed by atoms with Gasteiger partial charge in [0.2, 0.25) is 0 Å². The maximum Gasteiger partial charge on any atom is 0.251 e. The minimum absolute atomic E-state index is 0.352. The maximum absolute atomic E-state index is 6.18. The lowest BCUT2D eigenvalue weighted by atomic mass is 9.96. The lowest BCUT2D eigenvalue weighted by Gasteiger charge is -2.29. The largest absolute Gasteiger partial charge is 0.448 e. The molecule has 2 heteroatoms. The SMILES string of the molecule is CC.Cc1cccc2c1OC1(CCCCCCC1)O2. The van der Waals surface area contributed by atoms with Crippen molar-refractivity contribution in [3.63, 3.8) is 0 Å². The Morgan fingerprint density at radius 1 is 0.895 bits per heavy atom. The molecule has 2 nitrogen and oxygen atoms in total. The van der Waals surface area contributed by atoms with Crippen molar-refractivity contribution in [2.75, 3.05) is 0 Å². The molecule has 1 aliphatic carbocycles. The Hall–Kier alpha value is -1.18. The number of benzene rings is 1. The average Bonchev–Trinajstić information content (AvgIpc) is 2.78. The van der Waals surface area contributed by atoms with E-state index < -0.39 is 0 Å². The van der Waals surface area contributed by atoms with Crippen LogP contribution >= 0.6 is 0 Å². The molecule has 1 aliphatic heterocycles. The molecule has 1 heterocycles. The third-order valence-electron chi connectivity index (χ3n) is 3.88. The van der Waals surface area contributed by atoms with Gasteiger partial charge < -0.3 is 9.47 Å². The van der Waals surface area contributed by atoms with E-state index in [4.69, 9.17) is 9.47 Å². The Morgan fingerprint density at radius 3 is 2.16 bits per heavy atom. The van der Waals surface area contributed by atoms with Gasteiger partial charge in [-0.15, -0.1) is 0 Å². The summed E-state index contributed by atoms with van der Waals surface area (Å²) in [4.78, 5) is 0. The van der Waals surface area contributed by atoms with Crippen LogP contribution in [0.25, 0.3) is 0 Å². The van der Waals surface area contributed by atoms with E-state index in [1.807, 2.05) is 26.0 Å². The second kappa shape index (κ2) is 6.31. The highest BCUT2D eigenvalue weighted by molar-refractivity contribution is 5.48. The number of hydrogen-bond donors (Lipinski definition) is 0. The third-order valence-corrected chi connectivity index (χ3v) is 3.88. The fourth-order valence-electron chi connectivity index (χ4n) is 2.89. The third kappa shape index (κ3) is 3.05. The van der Waals surface area contributed by atoms with Gasteiger partial charge in [-0.05, 0) is 31.4 Å². The molecule has 106 valence electrons. The van der Waals surface area contributed by atoms with Crippen molar-refractivity contribution < 1.29 is 9.47 Å². The smallest absolute Gasteiger partial charge is 0.251 e. The molecule has 0 aromatic heterocycles. The average molecular weight is 262 g/mol. The molecule has 0 amide bonds. The van der Waals surface area contributed by atoms with E-state index in [1.165, 1.54) is 37.7 Å². The monoisotopic (exact) mass is 262 g/mol. The van der Waals surface area contributed by atoms with Crippen molar-refractivity contribution in [1.82, 2.24) is 0 Å². The zero-order chi connectivity index (χ0) is 13.7.